The van der Waals surface area contributed by atoms with Gasteiger partial charge in [0, 0.05) is 26.4 Å². The zero-order valence-corrected chi connectivity index (χ0v) is 13.8. The third-order valence-electron chi connectivity index (χ3n) is 2.68. The first kappa shape index (κ1) is 19.2. The van der Waals surface area contributed by atoms with Crippen LogP contribution in [0.5, 0.6) is 0 Å². The Morgan fingerprint density at radius 2 is 1.80 bits per heavy atom. The van der Waals surface area contributed by atoms with E-state index in [0.717, 1.165) is 18.9 Å². The summed E-state index contributed by atoms with van der Waals surface area (Å²) in [5.74, 6) is 0.824. The van der Waals surface area contributed by atoms with Crippen molar-refractivity contribution in [3.63, 3.8) is 0 Å². The smallest absolute Gasteiger partial charge is 0.191 e. The molecule has 0 fully saturated rings. The van der Waals surface area contributed by atoms with E-state index in [9.17, 15) is 8.42 Å². The van der Waals surface area contributed by atoms with E-state index >= 15 is 0 Å². The van der Waals surface area contributed by atoms with E-state index in [2.05, 4.69) is 22.5 Å². The highest BCUT2D eigenvalue weighted by Crippen LogP contribution is 1.96. The van der Waals surface area contributed by atoms with Crippen LogP contribution in [0.2, 0.25) is 0 Å². The number of nitrogens with zero attached hydrogens (tertiary/aromatic N) is 1. The Morgan fingerprint density at radius 1 is 1.10 bits per heavy atom. The molecule has 0 amide bonds. The lowest BCUT2D eigenvalue weighted by atomic mass is 10.2. The Kier molecular flexibility index (Phi) is 11.5. The maximum atomic E-state index is 10.9. The summed E-state index contributed by atoms with van der Waals surface area (Å²) in [6.45, 7) is 4.42. The molecule has 0 spiro atoms. The van der Waals surface area contributed by atoms with Gasteiger partial charge in [0.1, 0.15) is 9.84 Å². The SMILES string of the molecule is CCCCCCNC(=NC)NCCOCCS(C)(=O)=O. The van der Waals surface area contributed by atoms with E-state index in [1.165, 1.54) is 25.5 Å². The minimum Gasteiger partial charge on any atom is -0.379 e. The summed E-state index contributed by atoms with van der Waals surface area (Å²) in [5.41, 5.74) is 0. The molecule has 0 atom stereocenters. The van der Waals surface area contributed by atoms with Gasteiger partial charge in [-0.2, -0.15) is 0 Å². The van der Waals surface area contributed by atoms with Gasteiger partial charge in [-0.1, -0.05) is 26.2 Å². The fourth-order valence-corrected chi connectivity index (χ4v) is 1.95. The second-order valence-electron chi connectivity index (χ2n) is 4.73. The number of hydrogen-bond donors (Lipinski definition) is 2. The van der Waals surface area contributed by atoms with Crippen LogP contribution < -0.4 is 10.6 Å². The molecule has 0 bridgehead atoms. The molecule has 2 N–H and O–H groups in total. The predicted molar refractivity (Wildman–Crippen MR) is 84.0 cm³/mol. The normalized spacial score (nSPS) is 12.4. The van der Waals surface area contributed by atoms with E-state index < -0.39 is 9.84 Å². The monoisotopic (exact) mass is 307 g/mol. The van der Waals surface area contributed by atoms with Crippen LogP contribution in [0, 0.1) is 0 Å². The number of aliphatic imine (C=N–C) groups is 1. The van der Waals surface area contributed by atoms with Crippen molar-refractivity contribution in [3.8, 4) is 0 Å². The summed E-state index contributed by atoms with van der Waals surface area (Å²) < 4.78 is 27.0. The van der Waals surface area contributed by atoms with Crippen LogP contribution in [0.4, 0.5) is 0 Å². The molecule has 0 saturated heterocycles. The standard InChI is InChI=1S/C13H29N3O3S/c1-4-5-6-7-8-15-13(14-2)16-9-10-19-11-12-20(3,17)18/h4-12H2,1-3H3,(H2,14,15,16). The first-order chi connectivity index (χ1) is 9.49. The molecule has 7 heteroatoms. The Balaban J connectivity index is 3.51. The second kappa shape index (κ2) is 12.0. The van der Waals surface area contributed by atoms with Crippen molar-refractivity contribution >= 4 is 15.8 Å². The van der Waals surface area contributed by atoms with Crippen LogP contribution in [0.15, 0.2) is 4.99 Å². The molecule has 0 aliphatic heterocycles. The van der Waals surface area contributed by atoms with Gasteiger partial charge in [-0.3, -0.25) is 4.99 Å². The molecule has 0 aromatic carbocycles. The van der Waals surface area contributed by atoms with Gasteiger partial charge in [-0.05, 0) is 6.42 Å². The van der Waals surface area contributed by atoms with Crippen molar-refractivity contribution in [2.24, 2.45) is 4.99 Å². The van der Waals surface area contributed by atoms with Gasteiger partial charge >= 0.3 is 0 Å². The maximum Gasteiger partial charge on any atom is 0.191 e. The number of guanidine groups is 1. The lowest BCUT2D eigenvalue weighted by molar-refractivity contribution is 0.154. The van der Waals surface area contributed by atoms with Crippen molar-refractivity contribution in [1.82, 2.24) is 10.6 Å². The quantitative estimate of drug-likeness (QED) is 0.335. The molecular formula is C13H29N3O3S. The lowest BCUT2D eigenvalue weighted by Crippen LogP contribution is -2.39. The van der Waals surface area contributed by atoms with Crippen molar-refractivity contribution < 1.29 is 13.2 Å². The Morgan fingerprint density at radius 3 is 2.40 bits per heavy atom. The molecule has 0 aromatic heterocycles. The van der Waals surface area contributed by atoms with Gasteiger partial charge in [0.05, 0.1) is 19.0 Å². The number of unbranched alkanes of at least 4 members (excludes halogenated alkanes) is 3. The van der Waals surface area contributed by atoms with Crippen molar-refractivity contribution in [2.45, 2.75) is 32.6 Å². The van der Waals surface area contributed by atoms with Gasteiger partial charge < -0.3 is 15.4 Å². The van der Waals surface area contributed by atoms with Crippen molar-refractivity contribution in [3.05, 3.63) is 0 Å². The highest BCUT2D eigenvalue weighted by atomic mass is 32.2. The number of rotatable bonds is 11. The first-order valence-electron chi connectivity index (χ1n) is 7.19. The van der Waals surface area contributed by atoms with E-state index in [1.54, 1.807) is 7.05 Å². The molecule has 0 aromatic rings. The Hall–Kier alpha value is -0.820. The van der Waals surface area contributed by atoms with E-state index in [4.69, 9.17) is 4.74 Å². The molecule has 6 nitrogen and oxygen atoms in total. The molecule has 0 saturated carbocycles. The molecule has 0 radical (unpaired) electrons. The van der Waals surface area contributed by atoms with Crippen molar-refractivity contribution in [1.29, 1.82) is 0 Å². The fourth-order valence-electron chi connectivity index (χ4n) is 1.53. The maximum absolute atomic E-state index is 10.9. The predicted octanol–water partition coefficient (Wildman–Crippen LogP) is 0.793. The van der Waals surface area contributed by atoms with Gasteiger partial charge in [-0.15, -0.1) is 0 Å². The van der Waals surface area contributed by atoms with Crippen molar-refractivity contribution in [2.75, 3.05) is 45.4 Å². The molecule has 0 aliphatic rings. The van der Waals surface area contributed by atoms with Gasteiger partial charge in [-0.25, -0.2) is 8.42 Å². The van der Waals surface area contributed by atoms with Crippen LogP contribution in [-0.4, -0.2) is 59.7 Å². The number of hydrogen-bond acceptors (Lipinski definition) is 4. The summed E-state index contributed by atoms with van der Waals surface area (Å²) in [5, 5.41) is 6.35. The summed E-state index contributed by atoms with van der Waals surface area (Å²) in [4.78, 5) is 4.11. The Bertz CT molecular complexity index is 356. The molecule has 0 aliphatic carbocycles. The summed E-state index contributed by atoms with van der Waals surface area (Å²) >= 11 is 0. The van der Waals surface area contributed by atoms with E-state index in [-0.39, 0.29) is 12.4 Å². The minimum atomic E-state index is -2.93. The van der Waals surface area contributed by atoms with Crippen LogP contribution in [0.25, 0.3) is 0 Å². The summed E-state index contributed by atoms with van der Waals surface area (Å²) in [6, 6.07) is 0. The van der Waals surface area contributed by atoms with Crippen LogP contribution >= 0.6 is 0 Å². The van der Waals surface area contributed by atoms with Crippen LogP contribution in [0.1, 0.15) is 32.6 Å². The van der Waals surface area contributed by atoms with Gasteiger partial charge in [0.25, 0.3) is 0 Å². The van der Waals surface area contributed by atoms with Gasteiger partial charge in [0.15, 0.2) is 5.96 Å². The summed E-state index contributed by atoms with van der Waals surface area (Å²) in [7, 11) is -1.21. The molecule has 120 valence electrons. The third-order valence-corrected chi connectivity index (χ3v) is 3.59. The minimum absolute atomic E-state index is 0.0669. The van der Waals surface area contributed by atoms with E-state index in [0.29, 0.717) is 13.2 Å². The molecular weight excluding hydrogens is 278 g/mol. The van der Waals surface area contributed by atoms with Gasteiger partial charge in [0.2, 0.25) is 0 Å². The Labute approximate surface area is 123 Å². The van der Waals surface area contributed by atoms with E-state index in [1.807, 2.05) is 0 Å². The summed E-state index contributed by atoms with van der Waals surface area (Å²) in [6.07, 6.45) is 6.08. The average Bonchev–Trinajstić information content (AvgIpc) is 2.38. The first-order valence-corrected chi connectivity index (χ1v) is 9.25. The number of sulfone groups is 1. The molecule has 0 rings (SSSR count). The average molecular weight is 307 g/mol. The third kappa shape index (κ3) is 13.6. The lowest BCUT2D eigenvalue weighted by Gasteiger charge is -2.11. The molecule has 0 unspecified atom stereocenters. The fraction of sp³-hybridized carbons (Fsp3) is 0.923. The topological polar surface area (TPSA) is 79.8 Å². The van der Waals surface area contributed by atoms with Crippen LogP contribution in [-0.2, 0) is 14.6 Å². The zero-order valence-electron chi connectivity index (χ0n) is 12.9. The highest BCUT2D eigenvalue weighted by molar-refractivity contribution is 7.90. The highest BCUT2D eigenvalue weighted by Gasteiger charge is 2.01. The van der Waals surface area contributed by atoms with Crippen LogP contribution in [0.3, 0.4) is 0 Å². The second-order valence-corrected chi connectivity index (χ2v) is 6.99. The molecule has 20 heavy (non-hydrogen) atoms. The molecule has 0 heterocycles. The number of ether oxygens (including phenoxy) is 1. The largest absolute Gasteiger partial charge is 0.379 e. The zero-order chi connectivity index (χ0) is 15.3. The number of nitrogens with one attached hydrogen (secondary N) is 2.